The second-order valence-electron chi connectivity index (χ2n) is 7.51. The summed E-state index contributed by atoms with van der Waals surface area (Å²) in [7, 11) is -3.46. The molecule has 1 heterocycles. The maximum Gasteiger partial charge on any atom is 0.244 e. The molecule has 2 atom stereocenters. The van der Waals surface area contributed by atoms with Gasteiger partial charge >= 0.3 is 0 Å². The average Bonchev–Trinajstić information content (AvgIpc) is 3.04. The van der Waals surface area contributed by atoms with E-state index in [1.807, 2.05) is 19.1 Å². The molecule has 0 fully saturated rings. The Balaban J connectivity index is 2.14. The van der Waals surface area contributed by atoms with Gasteiger partial charge in [-0.3, -0.25) is 0 Å². The third-order valence-electron chi connectivity index (χ3n) is 5.26. The minimum Gasteiger partial charge on any atom is -0.207 e. The van der Waals surface area contributed by atoms with E-state index in [2.05, 4.69) is 26.0 Å². The van der Waals surface area contributed by atoms with Crippen molar-refractivity contribution in [3.63, 3.8) is 0 Å². The van der Waals surface area contributed by atoms with Crippen molar-refractivity contribution in [1.82, 2.24) is 4.31 Å². The fraction of sp³-hybridized carbons (Fsp3) is 0.636. The summed E-state index contributed by atoms with van der Waals surface area (Å²) >= 11 is 0. The second kappa shape index (κ2) is 10.3. The van der Waals surface area contributed by atoms with Crippen LogP contribution in [0.5, 0.6) is 0 Å². The molecule has 0 spiro atoms. The third-order valence-corrected chi connectivity index (χ3v) is 7.23. The maximum absolute atomic E-state index is 13.4. The lowest BCUT2D eigenvalue weighted by atomic mass is 10.1. The molecule has 0 saturated carbocycles. The molecule has 0 radical (unpaired) electrons. The fourth-order valence-electron chi connectivity index (χ4n) is 3.68. The summed E-state index contributed by atoms with van der Waals surface area (Å²) in [6.07, 6.45) is 14.3. The monoisotopic (exact) mass is 377 g/mol. The Labute approximate surface area is 160 Å². The summed E-state index contributed by atoms with van der Waals surface area (Å²) in [5.74, 6) is 0. The highest BCUT2D eigenvalue weighted by atomic mass is 32.2. The van der Waals surface area contributed by atoms with Gasteiger partial charge in [0.2, 0.25) is 10.0 Å². The molecule has 0 bridgehead atoms. The molecule has 0 unspecified atom stereocenters. The van der Waals surface area contributed by atoms with Crippen LogP contribution in [-0.4, -0.2) is 24.8 Å². The number of unbranched alkanes of at least 4 members (excludes halogenated alkanes) is 5. The largest absolute Gasteiger partial charge is 0.244 e. The van der Waals surface area contributed by atoms with E-state index in [1.165, 1.54) is 25.7 Å². The van der Waals surface area contributed by atoms with Crippen LogP contribution in [0.3, 0.4) is 0 Å². The lowest BCUT2D eigenvalue weighted by molar-refractivity contribution is 0.308. The first-order valence-electron chi connectivity index (χ1n) is 10.3. The van der Waals surface area contributed by atoms with Gasteiger partial charge in [-0.15, -0.1) is 0 Å². The predicted molar refractivity (Wildman–Crippen MR) is 110 cm³/mol. The minimum absolute atomic E-state index is 0.00175. The van der Waals surface area contributed by atoms with Gasteiger partial charge in [-0.1, -0.05) is 88.6 Å². The van der Waals surface area contributed by atoms with E-state index in [1.54, 1.807) is 16.4 Å². The zero-order chi connectivity index (χ0) is 19.0. The highest BCUT2D eigenvalue weighted by molar-refractivity contribution is 7.89. The summed E-state index contributed by atoms with van der Waals surface area (Å²) in [5, 5.41) is 0. The van der Waals surface area contributed by atoms with Crippen molar-refractivity contribution in [2.45, 2.75) is 95.5 Å². The number of hydrogen-bond acceptors (Lipinski definition) is 2. The Hall–Kier alpha value is -1.13. The van der Waals surface area contributed by atoms with Gasteiger partial charge in [0.15, 0.2) is 0 Å². The van der Waals surface area contributed by atoms with Crippen LogP contribution in [-0.2, 0) is 10.0 Å². The standard InChI is InChI=1S/C22H35NO2S/c1-4-6-8-9-10-12-21-16-15-20(11-7-5-2)23(21)26(24,25)22-17-13-19(3)14-18-22/h13-18,20-21H,4-12H2,1-3H3/t20-,21+/m1/s1. The quantitative estimate of drug-likeness (QED) is 0.359. The van der Waals surface area contributed by atoms with Crippen molar-refractivity contribution < 1.29 is 8.42 Å². The van der Waals surface area contributed by atoms with Crippen LogP contribution in [0.2, 0.25) is 0 Å². The molecule has 3 nitrogen and oxygen atoms in total. The van der Waals surface area contributed by atoms with E-state index in [9.17, 15) is 8.42 Å². The molecule has 2 rings (SSSR count). The molecule has 0 amide bonds. The van der Waals surface area contributed by atoms with Gasteiger partial charge in [0.1, 0.15) is 0 Å². The highest BCUT2D eigenvalue weighted by Gasteiger charge is 2.38. The van der Waals surface area contributed by atoms with Crippen LogP contribution in [0.25, 0.3) is 0 Å². The van der Waals surface area contributed by atoms with Gasteiger partial charge in [0.25, 0.3) is 0 Å². The van der Waals surface area contributed by atoms with Gasteiger partial charge in [-0.25, -0.2) is 8.42 Å². The molecule has 4 heteroatoms. The lowest BCUT2D eigenvalue weighted by Crippen LogP contribution is -2.42. The zero-order valence-electron chi connectivity index (χ0n) is 16.7. The third kappa shape index (κ3) is 5.43. The van der Waals surface area contributed by atoms with Crippen molar-refractivity contribution in [3.8, 4) is 0 Å². The van der Waals surface area contributed by atoms with Gasteiger partial charge in [-0.2, -0.15) is 4.31 Å². The molecule has 0 N–H and O–H groups in total. The number of hydrogen-bond donors (Lipinski definition) is 0. The van der Waals surface area contributed by atoms with E-state index in [-0.39, 0.29) is 12.1 Å². The molecule has 1 aliphatic heterocycles. The number of nitrogens with zero attached hydrogens (tertiary/aromatic N) is 1. The predicted octanol–water partition coefficient (Wildman–Crippen LogP) is 5.84. The number of sulfonamides is 1. The van der Waals surface area contributed by atoms with Crippen LogP contribution in [0.15, 0.2) is 41.3 Å². The fourth-order valence-corrected chi connectivity index (χ4v) is 5.47. The molecule has 26 heavy (non-hydrogen) atoms. The zero-order valence-corrected chi connectivity index (χ0v) is 17.5. The highest BCUT2D eigenvalue weighted by Crippen LogP contribution is 2.31. The van der Waals surface area contributed by atoms with Crippen LogP contribution in [0.1, 0.15) is 77.2 Å². The molecule has 1 aliphatic rings. The van der Waals surface area contributed by atoms with Crippen molar-refractivity contribution >= 4 is 10.0 Å². The lowest BCUT2D eigenvalue weighted by Gasteiger charge is -2.30. The molecule has 0 saturated heterocycles. The van der Waals surface area contributed by atoms with E-state index >= 15 is 0 Å². The van der Waals surface area contributed by atoms with Crippen molar-refractivity contribution in [2.24, 2.45) is 0 Å². The van der Waals surface area contributed by atoms with Crippen LogP contribution < -0.4 is 0 Å². The van der Waals surface area contributed by atoms with Gasteiger partial charge in [0.05, 0.1) is 4.90 Å². The Morgan fingerprint density at radius 3 is 1.92 bits per heavy atom. The smallest absolute Gasteiger partial charge is 0.207 e. The number of rotatable bonds is 11. The molecule has 146 valence electrons. The summed E-state index contributed by atoms with van der Waals surface area (Å²) < 4.78 is 28.5. The Morgan fingerprint density at radius 2 is 1.35 bits per heavy atom. The first-order chi connectivity index (χ1) is 12.5. The normalized spacial score (nSPS) is 20.7. The summed E-state index contributed by atoms with van der Waals surface area (Å²) in [6, 6.07) is 7.27. The summed E-state index contributed by atoms with van der Waals surface area (Å²) in [6.45, 7) is 6.35. The topological polar surface area (TPSA) is 37.4 Å². The van der Waals surface area contributed by atoms with E-state index in [0.29, 0.717) is 4.90 Å². The molecular weight excluding hydrogens is 342 g/mol. The molecule has 0 aliphatic carbocycles. The minimum atomic E-state index is -3.46. The van der Waals surface area contributed by atoms with E-state index in [4.69, 9.17) is 0 Å². The first kappa shape index (κ1) is 21.2. The Bertz CT molecular complexity index is 664. The average molecular weight is 378 g/mol. The molecule has 1 aromatic rings. The van der Waals surface area contributed by atoms with Crippen molar-refractivity contribution in [3.05, 3.63) is 42.0 Å². The van der Waals surface area contributed by atoms with Gasteiger partial charge in [0, 0.05) is 12.1 Å². The molecular formula is C22H35NO2S. The second-order valence-corrected chi connectivity index (χ2v) is 9.36. The number of benzene rings is 1. The van der Waals surface area contributed by atoms with Gasteiger partial charge in [-0.05, 0) is 31.9 Å². The van der Waals surface area contributed by atoms with Crippen LogP contribution >= 0.6 is 0 Å². The SMILES string of the molecule is CCCCCCC[C@H]1C=C[C@@H](CCCC)N1S(=O)(=O)c1ccc(C)cc1. The number of aryl methyl sites for hydroxylation is 1. The first-order valence-corrected chi connectivity index (χ1v) is 11.7. The maximum atomic E-state index is 13.4. The van der Waals surface area contributed by atoms with Crippen molar-refractivity contribution in [2.75, 3.05) is 0 Å². The summed E-state index contributed by atoms with van der Waals surface area (Å²) in [4.78, 5) is 0.421. The Morgan fingerprint density at radius 1 is 0.808 bits per heavy atom. The molecule has 0 aromatic heterocycles. The van der Waals surface area contributed by atoms with Crippen molar-refractivity contribution in [1.29, 1.82) is 0 Å². The van der Waals surface area contributed by atoms with Crippen LogP contribution in [0.4, 0.5) is 0 Å². The van der Waals surface area contributed by atoms with E-state index in [0.717, 1.165) is 37.7 Å². The van der Waals surface area contributed by atoms with Gasteiger partial charge < -0.3 is 0 Å². The molecule has 1 aromatic carbocycles. The summed E-state index contributed by atoms with van der Waals surface area (Å²) in [5.41, 5.74) is 1.08. The van der Waals surface area contributed by atoms with Crippen LogP contribution in [0, 0.1) is 6.92 Å². The Kier molecular flexibility index (Phi) is 8.36. The van der Waals surface area contributed by atoms with E-state index < -0.39 is 10.0 Å².